The van der Waals surface area contributed by atoms with Gasteiger partial charge in [-0.1, -0.05) is 0 Å². The molecule has 0 spiro atoms. The number of rotatable bonds is 3. The second-order valence-corrected chi connectivity index (χ2v) is 4.22. The van der Waals surface area contributed by atoms with E-state index in [1.165, 1.54) is 5.56 Å². The van der Waals surface area contributed by atoms with E-state index in [2.05, 4.69) is 15.3 Å². The first kappa shape index (κ1) is 14.3. The monoisotopic (exact) mass is 260 g/mol. The number of nitrogens with one attached hydrogen (secondary N) is 1. The van der Waals surface area contributed by atoms with Crippen molar-refractivity contribution in [3.63, 3.8) is 0 Å². The lowest BCUT2D eigenvalue weighted by Gasteiger charge is -2.27. The quantitative estimate of drug-likeness (QED) is 0.863. The Balaban J connectivity index is 0.00000144. The van der Waals surface area contributed by atoms with Crippen molar-refractivity contribution in [1.29, 1.82) is 0 Å². The molecule has 0 amide bonds. The topological polar surface area (TPSA) is 42.3 Å². The van der Waals surface area contributed by atoms with E-state index in [1.54, 1.807) is 7.11 Å². The number of nitrogens with zero attached hydrogens (tertiary/aromatic N) is 3. The zero-order valence-electron chi connectivity index (χ0n) is 10.7. The summed E-state index contributed by atoms with van der Waals surface area (Å²) in [5.74, 6) is 0.885. The van der Waals surface area contributed by atoms with Gasteiger partial charge in [-0.25, -0.2) is 4.68 Å². The fraction of sp³-hybridized carbons (Fsp3) is 0.727. The molecule has 1 aromatic heterocycles. The van der Waals surface area contributed by atoms with E-state index in [0.717, 1.165) is 44.3 Å². The van der Waals surface area contributed by atoms with Gasteiger partial charge in [0, 0.05) is 39.8 Å². The van der Waals surface area contributed by atoms with Crippen LogP contribution in [0.2, 0.25) is 0 Å². The Morgan fingerprint density at radius 1 is 1.35 bits per heavy atom. The van der Waals surface area contributed by atoms with E-state index < -0.39 is 0 Å². The highest BCUT2D eigenvalue weighted by molar-refractivity contribution is 5.85. The van der Waals surface area contributed by atoms with Crippen LogP contribution in [0, 0.1) is 6.92 Å². The molecular weight excluding hydrogens is 240 g/mol. The average molecular weight is 261 g/mol. The summed E-state index contributed by atoms with van der Waals surface area (Å²) in [7, 11) is 3.63. The van der Waals surface area contributed by atoms with E-state index in [0.29, 0.717) is 0 Å². The van der Waals surface area contributed by atoms with Crippen LogP contribution in [0.3, 0.4) is 0 Å². The smallest absolute Gasteiger partial charge is 0.216 e. The summed E-state index contributed by atoms with van der Waals surface area (Å²) in [6.45, 7) is 7.31. The average Bonchev–Trinajstić information content (AvgIpc) is 2.55. The van der Waals surface area contributed by atoms with Crippen LogP contribution in [-0.4, -0.2) is 48.0 Å². The molecule has 0 aromatic carbocycles. The number of halogens is 1. The Labute approximate surface area is 109 Å². The number of ether oxygens (including phenoxy) is 1. The predicted molar refractivity (Wildman–Crippen MR) is 69.9 cm³/mol. The van der Waals surface area contributed by atoms with Gasteiger partial charge in [0.1, 0.15) is 0 Å². The Kier molecular flexibility index (Phi) is 5.24. The second-order valence-electron chi connectivity index (χ2n) is 4.22. The molecule has 5 nitrogen and oxygen atoms in total. The van der Waals surface area contributed by atoms with Crippen LogP contribution in [0.1, 0.15) is 11.3 Å². The van der Waals surface area contributed by atoms with Gasteiger partial charge in [0.25, 0.3) is 0 Å². The molecule has 0 radical (unpaired) electrons. The van der Waals surface area contributed by atoms with Crippen molar-refractivity contribution in [1.82, 2.24) is 20.0 Å². The Morgan fingerprint density at radius 3 is 2.59 bits per heavy atom. The summed E-state index contributed by atoms with van der Waals surface area (Å²) in [5.41, 5.74) is 2.28. The highest BCUT2D eigenvalue weighted by atomic mass is 35.5. The summed E-state index contributed by atoms with van der Waals surface area (Å²) in [6.07, 6.45) is 0. The molecule has 6 heteroatoms. The highest BCUT2D eigenvalue weighted by Crippen LogP contribution is 2.22. The van der Waals surface area contributed by atoms with Crippen molar-refractivity contribution >= 4 is 12.4 Å². The summed E-state index contributed by atoms with van der Waals surface area (Å²) in [4.78, 5) is 2.43. The minimum Gasteiger partial charge on any atom is -0.481 e. The summed E-state index contributed by atoms with van der Waals surface area (Å²) in [5, 5.41) is 7.75. The van der Waals surface area contributed by atoms with Gasteiger partial charge in [0.2, 0.25) is 5.88 Å². The number of piperazine rings is 1. The van der Waals surface area contributed by atoms with Gasteiger partial charge >= 0.3 is 0 Å². The third kappa shape index (κ3) is 3.12. The van der Waals surface area contributed by atoms with Crippen LogP contribution in [0.5, 0.6) is 5.88 Å². The number of hydrogen-bond donors (Lipinski definition) is 1. The van der Waals surface area contributed by atoms with Gasteiger partial charge < -0.3 is 10.1 Å². The molecule has 1 aliphatic heterocycles. The summed E-state index contributed by atoms with van der Waals surface area (Å²) in [6, 6.07) is 0. The Hall–Kier alpha value is -0.780. The molecule has 1 saturated heterocycles. The Morgan fingerprint density at radius 2 is 2.00 bits per heavy atom. The van der Waals surface area contributed by atoms with Crippen molar-refractivity contribution < 1.29 is 4.74 Å². The van der Waals surface area contributed by atoms with Crippen LogP contribution in [0.15, 0.2) is 0 Å². The highest BCUT2D eigenvalue weighted by Gasteiger charge is 2.18. The van der Waals surface area contributed by atoms with Gasteiger partial charge in [-0.05, 0) is 6.92 Å². The van der Waals surface area contributed by atoms with Crippen LogP contribution in [-0.2, 0) is 13.6 Å². The zero-order chi connectivity index (χ0) is 11.5. The van der Waals surface area contributed by atoms with E-state index >= 15 is 0 Å². The van der Waals surface area contributed by atoms with E-state index in [1.807, 2.05) is 18.7 Å². The fourth-order valence-electron chi connectivity index (χ4n) is 2.21. The molecule has 0 aliphatic carbocycles. The fourth-order valence-corrected chi connectivity index (χ4v) is 2.21. The first-order valence-corrected chi connectivity index (χ1v) is 5.72. The van der Waals surface area contributed by atoms with Crippen LogP contribution < -0.4 is 10.1 Å². The van der Waals surface area contributed by atoms with Gasteiger partial charge in [-0.2, -0.15) is 5.10 Å². The maximum atomic E-state index is 5.40. The molecule has 98 valence electrons. The van der Waals surface area contributed by atoms with Crippen molar-refractivity contribution in [3.8, 4) is 5.88 Å². The molecule has 0 bridgehead atoms. The first-order chi connectivity index (χ1) is 7.72. The Bertz CT molecular complexity index is 361. The lowest BCUT2D eigenvalue weighted by Crippen LogP contribution is -2.43. The molecule has 1 aliphatic rings. The second kappa shape index (κ2) is 6.23. The molecule has 1 N–H and O–H groups in total. The predicted octanol–water partition coefficient (Wildman–Crippen LogP) is 0.564. The molecule has 17 heavy (non-hydrogen) atoms. The molecule has 2 rings (SSSR count). The van der Waals surface area contributed by atoms with Crippen molar-refractivity contribution in [3.05, 3.63) is 11.3 Å². The molecular formula is C11H21ClN4O. The van der Waals surface area contributed by atoms with Crippen molar-refractivity contribution in [2.75, 3.05) is 33.3 Å². The van der Waals surface area contributed by atoms with E-state index in [9.17, 15) is 0 Å². The lowest BCUT2D eigenvalue weighted by atomic mass is 10.2. The zero-order valence-corrected chi connectivity index (χ0v) is 11.5. The van der Waals surface area contributed by atoms with E-state index in [-0.39, 0.29) is 12.4 Å². The number of hydrogen-bond acceptors (Lipinski definition) is 4. The van der Waals surface area contributed by atoms with Gasteiger partial charge in [-0.15, -0.1) is 12.4 Å². The normalized spacial score (nSPS) is 16.6. The number of methoxy groups -OCH3 is 1. The number of aromatic nitrogens is 2. The minimum absolute atomic E-state index is 0. The van der Waals surface area contributed by atoms with Gasteiger partial charge in [0.15, 0.2) is 0 Å². The third-order valence-electron chi connectivity index (χ3n) is 3.07. The van der Waals surface area contributed by atoms with E-state index in [4.69, 9.17) is 4.74 Å². The molecule has 0 saturated carbocycles. The molecule has 1 fully saturated rings. The van der Waals surface area contributed by atoms with Gasteiger partial charge in [-0.3, -0.25) is 4.90 Å². The van der Waals surface area contributed by atoms with Gasteiger partial charge in [0.05, 0.1) is 18.4 Å². The third-order valence-corrected chi connectivity index (χ3v) is 3.07. The SMILES string of the molecule is COc1c(CN2CCNCC2)c(C)nn1C.Cl. The van der Waals surface area contributed by atoms with Crippen LogP contribution >= 0.6 is 12.4 Å². The molecule has 0 atom stereocenters. The standard InChI is InChI=1S/C11H20N4O.ClH/c1-9-10(11(16-3)14(2)13-9)8-15-6-4-12-5-7-15;/h12H,4-8H2,1-3H3;1H. The maximum absolute atomic E-state index is 5.40. The molecule has 1 aromatic rings. The van der Waals surface area contributed by atoms with Crippen molar-refractivity contribution in [2.24, 2.45) is 7.05 Å². The van der Waals surface area contributed by atoms with Crippen LogP contribution in [0.25, 0.3) is 0 Å². The lowest BCUT2D eigenvalue weighted by molar-refractivity contribution is 0.229. The molecule has 0 unspecified atom stereocenters. The first-order valence-electron chi connectivity index (χ1n) is 5.72. The summed E-state index contributed by atoms with van der Waals surface area (Å²) < 4.78 is 7.21. The minimum atomic E-state index is 0. The summed E-state index contributed by atoms with van der Waals surface area (Å²) >= 11 is 0. The van der Waals surface area contributed by atoms with Crippen LogP contribution in [0.4, 0.5) is 0 Å². The molecule has 2 heterocycles. The number of aryl methyl sites for hydroxylation is 2. The maximum Gasteiger partial charge on any atom is 0.216 e. The largest absolute Gasteiger partial charge is 0.481 e. The van der Waals surface area contributed by atoms with Crippen molar-refractivity contribution in [2.45, 2.75) is 13.5 Å².